The van der Waals surface area contributed by atoms with Crippen LogP contribution in [0.25, 0.3) is 0 Å². The molecule has 2 amide bonds. The fraction of sp³-hybridized carbons (Fsp3) is 0.458. The predicted molar refractivity (Wildman–Crippen MR) is 124 cm³/mol. The number of carbonyl (C=O) groups excluding carboxylic acids is 2. The van der Waals surface area contributed by atoms with E-state index in [1.54, 1.807) is 42.3 Å². The van der Waals surface area contributed by atoms with Gasteiger partial charge in [0.05, 0.1) is 10.5 Å². The molecule has 0 bridgehead atoms. The van der Waals surface area contributed by atoms with Gasteiger partial charge in [0.1, 0.15) is 0 Å². The molecule has 0 radical (unpaired) electrons. The summed E-state index contributed by atoms with van der Waals surface area (Å²) in [6, 6.07) is 8.35. The molecule has 2 aliphatic heterocycles. The molecule has 2 saturated heterocycles. The van der Waals surface area contributed by atoms with Gasteiger partial charge in [-0.2, -0.15) is 4.31 Å². The van der Waals surface area contributed by atoms with Crippen molar-refractivity contribution in [3.63, 3.8) is 0 Å². The first kappa shape index (κ1) is 23.4. The molecule has 0 aliphatic carbocycles. The Kier molecular flexibility index (Phi) is 7.09. The van der Waals surface area contributed by atoms with Crippen LogP contribution in [0.4, 0.5) is 0 Å². The maximum Gasteiger partial charge on any atom is 0.253 e. The number of likely N-dealkylation sites (tertiary alicyclic amines) is 1. The van der Waals surface area contributed by atoms with Gasteiger partial charge in [0.2, 0.25) is 10.0 Å². The molecule has 0 spiro atoms. The highest BCUT2D eigenvalue weighted by atomic mass is 32.2. The van der Waals surface area contributed by atoms with Crippen molar-refractivity contribution in [1.82, 2.24) is 19.5 Å². The van der Waals surface area contributed by atoms with E-state index in [4.69, 9.17) is 0 Å². The molecule has 3 heterocycles. The highest BCUT2D eigenvalue weighted by Gasteiger charge is 2.30. The summed E-state index contributed by atoms with van der Waals surface area (Å²) in [5.74, 6) is -0.346. The Morgan fingerprint density at radius 1 is 1.00 bits per heavy atom. The molecule has 8 nitrogen and oxygen atoms in total. The Balaban J connectivity index is 1.41. The molecule has 1 aromatic heterocycles. The van der Waals surface area contributed by atoms with E-state index in [-0.39, 0.29) is 22.8 Å². The lowest BCUT2D eigenvalue weighted by Crippen LogP contribution is -2.46. The molecule has 1 N–H and O–H groups in total. The summed E-state index contributed by atoms with van der Waals surface area (Å²) in [4.78, 5) is 31.4. The molecule has 2 fully saturated rings. The quantitative estimate of drug-likeness (QED) is 0.724. The van der Waals surface area contributed by atoms with Gasteiger partial charge in [-0.25, -0.2) is 8.42 Å². The van der Waals surface area contributed by atoms with Crippen LogP contribution in [-0.4, -0.2) is 66.6 Å². The Morgan fingerprint density at radius 3 is 2.39 bits per heavy atom. The molecule has 176 valence electrons. The third-order valence-corrected chi connectivity index (χ3v) is 8.45. The zero-order valence-corrected chi connectivity index (χ0v) is 19.7. The number of sulfonamides is 1. The van der Waals surface area contributed by atoms with E-state index >= 15 is 0 Å². The second-order valence-corrected chi connectivity index (χ2v) is 10.6. The van der Waals surface area contributed by atoms with Gasteiger partial charge in [-0.1, -0.05) is 12.5 Å². The largest absolute Gasteiger partial charge is 0.349 e. The normalized spacial score (nSPS) is 18.2. The lowest BCUT2D eigenvalue weighted by atomic mass is 10.0. The average Bonchev–Trinajstić information content (AvgIpc) is 2.85. The van der Waals surface area contributed by atoms with Crippen LogP contribution in [0.2, 0.25) is 0 Å². The highest BCUT2D eigenvalue weighted by molar-refractivity contribution is 7.89. The fourth-order valence-electron chi connectivity index (χ4n) is 4.43. The number of aryl methyl sites for hydroxylation is 1. The van der Waals surface area contributed by atoms with Gasteiger partial charge in [-0.3, -0.25) is 14.6 Å². The van der Waals surface area contributed by atoms with E-state index in [0.29, 0.717) is 55.7 Å². The van der Waals surface area contributed by atoms with Crippen LogP contribution >= 0.6 is 0 Å². The second kappa shape index (κ2) is 10.0. The third-order valence-electron chi connectivity index (χ3n) is 6.41. The topological polar surface area (TPSA) is 99.7 Å². The van der Waals surface area contributed by atoms with Crippen molar-refractivity contribution in [2.45, 2.75) is 50.0 Å². The van der Waals surface area contributed by atoms with E-state index in [2.05, 4.69) is 10.3 Å². The zero-order valence-electron chi connectivity index (χ0n) is 18.9. The van der Waals surface area contributed by atoms with Gasteiger partial charge in [0, 0.05) is 50.2 Å². The average molecular weight is 471 g/mol. The highest BCUT2D eigenvalue weighted by Crippen LogP contribution is 2.25. The number of amides is 2. The molecule has 0 unspecified atom stereocenters. The van der Waals surface area contributed by atoms with Gasteiger partial charge in [-0.15, -0.1) is 0 Å². The first-order chi connectivity index (χ1) is 15.9. The van der Waals surface area contributed by atoms with Crippen molar-refractivity contribution < 1.29 is 18.0 Å². The number of aromatic nitrogens is 1. The molecule has 0 saturated carbocycles. The summed E-state index contributed by atoms with van der Waals surface area (Å²) in [6.07, 6.45) is 7.20. The van der Waals surface area contributed by atoms with Crippen LogP contribution in [0.3, 0.4) is 0 Å². The van der Waals surface area contributed by atoms with E-state index in [9.17, 15) is 18.0 Å². The summed E-state index contributed by atoms with van der Waals surface area (Å²) in [5.41, 5.74) is 1.54. The number of nitrogens with one attached hydrogen (secondary N) is 1. The smallest absolute Gasteiger partial charge is 0.253 e. The number of hydrogen-bond acceptors (Lipinski definition) is 5. The Labute approximate surface area is 195 Å². The van der Waals surface area contributed by atoms with Crippen LogP contribution in [0.1, 0.15) is 58.4 Å². The summed E-state index contributed by atoms with van der Waals surface area (Å²) >= 11 is 0. The monoisotopic (exact) mass is 470 g/mol. The Hall–Kier alpha value is -2.78. The fourth-order valence-corrected chi connectivity index (χ4v) is 6.20. The van der Waals surface area contributed by atoms with Crippen molar-refractivity contribution in [3.8, 4) is 0 Å². The molecule has 2 aromatic rings. The molecule has 4 rings (SSSR count). The van der Waals surface area contributed by atoms with Gasteiger partial charge >= 0.3 is 0 Å². The maximum absolute atomic E-state index is 13.2. The second-order valence-electron chi connectivity index (χ2n) is 8.73. The SMILES string of the molecule is Cc1ccc(C(=O)N2CCC(NC(=O)c3cccnc3)CC2)cc1S(=O)(=O)N1CCCCC1. The number of rotatable bonds is 5. The number of pyridine rings is 1. The summed E-state index contributed by atoms with van der Waals surface area (Å²) in [7, 11) is -3.62. The Morgan fingerprint density at radius 2 is 1.73 bits per heavy atom. The standard InChI is InChI=1S/C24H30N4O4S/c1-18-7-8-19(16-22(18)33(31,32)28-12-3-2-4-13-28)24(30)27-14-9-21(10-15-27)26-23(29)20-6-5-11-25-17-20/h5-8,11,16-17,21H,2-4,9-10,12-15H2,1H3,(H,26,29). The molecular formula is C24H30N4O4S. The zero-order chi connectivity index (χ0) is 23.4. The number of hydrogen-bond donors (Lipinski definition) is 1. The molecule has 0 atom stereocenters. The van der Waals surface area contributed by atoms with Crippen LogP contribution in [0, 0.1) is 6.92 Å². The van der Waals surface area contributed by atoms with Gasteiger partial charge in [0.25, 0.3) is 11.8 Å². The van der Waals surface area contributed by atoms with Crippen molar-refractivity contribution in [2.75, 3.05) is 26.2 Å². The van der Waals surface area contributed by atoms with E-state index in [0.717, 1.165) is 19.3 Å². The first-order valence-corrected chi connectivity index (χ1v) is 12.9. The first-order valence-electron chi connectivity index (χ1n) is 11.5. The minimum atomic E-state index is -3.62. The van der Waals surface area contributed by atoms with Crippen molar-refractivity contribution >= 4 is 21.8 Å². The number of nitrogens with zero attached hydrogens (tertiary/aromatic N) is 3. The molecule has 2 aliphatic rings. The van der Waals surface area contributed by atoms with E-state index < -0.39 is 10.0 Å². The summed E-state index contributed by atoms with van der Waals surface area (Å²) in [5, 5.41) is 3.01. The summed E-state index contributed by atoms with van der Waals surface area (Å²) in [6.45, 7) is 3.82. The predicted octanol–water partition coefficient (Wildman–Crippen LogP) is 2.60. The lowest BCUT2D eigenvalue weighted by molar-refractivity contribution is 0.0698. The molecule has 1 aromatic carbocycles. The van der Waals surface area contributed by atoms with Gasteiger partial charge in [0.15, 0.2) is 0 Å². The summed E-state index contributed by atoms with van der Waals surface area (Å²) < 4.78 is 27.9. The minimum Gasteiger partial charge on any atom is -0.349 e. The van der Waals surface area contributed by atoms with Crippen molar-refractivity contribution in [3.05, 3.63) is 59.4 Å². The minimum absolute atomic E-state index is 0.0187. The molecule has 9 heteroatoms. The van der Waals surface area contributed by atoms with Crippen LogP contribution < -0.4 is 5.32 Å². The molecular weight excluding hydrogens is 440 g/mol. The van der Waals surface area contributed by atoms with Crippen LogP contribution in [0.15, 0.2) is 47.6 Å². The number of benzene rings is 1. The van der Waals surface area contributed by atoms with Crippen LogP contribution in [-0.2, 0) is 10.0 Å². The Bertz CT molecular complexity index is 1110. The van der Waals surface area contributed by atoms with Crippen LogP contribution in [0.5, 0.6) is 0 Å². The van der Waals surface area contributed by atoms with Gasteiger partial charge < -0.3 is 10.2 Å². The third kappa shape index (κ3) is 5.25. The van der Waals surface area contributed by atoms with Crippen molar-refractivity contribution in [1.29, 1.82) is 0 Å². The maximum atomic E-state index is 13.2. The van der Waals surface area contributed by atoms with Crippen molar-refractivity contribution in [2.24, 2.45) is 0 Å². The molecule has 33 heavy (non-hydrogen) atoms. The number of carbonyl (C=O) groups is 2. The van der Waals surface area contributed by atoms with Gasteiger partial charge in [-0.05, 0) is 62.4 Å². The van der Waals surface area contributed by atoms with E-state index in [1.807, 2.05) is 0 Å². The van der Waals surface area contributed by atoms with E-state index in [1.165, 1.54) is 16.6 Å². The lowest BCUT2D eigenvalue weighted by Gasteiger charge is -2.32. The number of piperidine rings is 2.